The number of rotatable bonds is 0. The maximum Gasteiger partial charge on any atom is 0.612 e. The van der Waals surface area contributed by atoms with Crippen molar-refractivity contribution in [1.29, 1.82) is 0 Å². The van der Waals surface area contributed by atoms with Gasteiger partial charge in [0.2, 0.25) is 0 Å². The molecule has 0 amide bonds. The lowest BCUT2D eigenvalue weighted by Crippen LogP contribution is -2.59. The first-order valence-corrected chi connectivity index (χ1v) is 2.87. The summed E-state index contributed by atoms with van der Waals surface area (Å²) in [5, 5.41) is 17.5. The zero-order valence-electron chi connectivity index (χ0n) is 6.66. The third-order valence-corrected chi connectivity index (χ3v) is 1.13. The van der Waals surface area contributed by atoms with Crippen LogP contribution in [0.15, 0.2) is 0 Å². The third-order valence-electron chi connectivity index (χ3n) is 1.13. The van der Waals surface area contributed by atoms with Crippen molar-refractivity contribution < 1.29 is 32.9 Å². The largest absolute Gasteiger partial charge is 0.612 e. The van der Waals surface area contributed by atoms with Gasteiger partial charge in [-0.15, -0.1) is 0 Å². The molecule has 2 saturated heterocycles. The molecule has 0 aromatic carbocycles. The molecule has 0 saturated carbocycles. The Labute approximate surface area is 75.5 Å². The van der Waals surface area contributed by atoms with E-state index in [-0.39, 0.29) is 12.3 Å². The van der Waals surface area contributed by atoms with Crippen molar-refractivity contribution in [3.8, 4) is 0 Å². The summed E-state index contributed by atoms with van der Waals surface area (Å²) < 4.78 is 22.6. The van der Waals surface area contributed by atoms with Crippen LogP contribution in [0.4, 0.5) is 0 Å². The minimum Gasteiger partial charge on any atom is -0.403 e. The smallest absolute Gasteiger partial charge is 0.403 e. The fourth-order valence-corrected chi connectivity index (χ4v) is 0.728. The molecule has 2 bridgehead atoms. The van der Waals surface area contributed by atoms with Crippen molar-refractivity contribution in [2.75, 3.05) is 0 Å². The van der Waals surface area contributed by atoms with E-state index in [4.69, 9.17) is 10.0 Å². The van der Waals surface area contributed by atoms with Crippen LogP contribution in [0.3, 0.4) is 0 Å². The van der Waals surface area contributed by atoms with Crippen LogP contribution in [-0.4, -0.2) is 39.3 Å². The predicted molar refractivity (Wildman–Crippen MR) is 42.9 cm³/mol. The second-order valence-corrected chi connectivity index (χ2v) is 1.87. The van der Waals surface area contributed by atoms with Gasteiger partial charge in [-0.25, -0.2) is 0 Å². The zero-order valence-corrected chi connectivity index (χ0v) is 6.66. The van der Waals surface area contributed by atoms with Gasteiger partial charge in [0.05, 0.1) is 0 Å². The van der Waals surface area contributed by atoms with Crippen LogP contribution in [0.2, 0.25) is 0 Å². The summed E-state index contributed by atoms with van der Waals surface area (Å²) in [5.74, 6) is 0. The monoisotopic (exact) mass is 192 g/mol. The Balaban J connectivity index is 0.000000720. The number of hydrogen-bond acceptors (Lipinski definition) is 9. The highest BCUT2D eigenvalue weighted by Crippen LogP contribution is 2.14. The standard InChI is InChI=1S/B4H2O7.2H3N/c5-1-7-3-9-2(6)10-4(8-1)11-3;;/h5-6H;2*1H3. The molecule has 0 aromatic heterocycles. The molecular weight excluding hydrogens is 183 g/mol. The molecule has 13 heavy (non-hydrogen) atoms. The van der Waals surface area contributed by atoms with E-state index in [0.29, 0.717) is 0 Å². The van der Waals surface area contributed by atoms with Crippen LogP contribution in [0.25, 0.3) is 0 Å². The summed E-state index contributed by atoms with van der Waals surface area (Å²) in [6.07, 6.45) is 0. The Hall–Kier alpha value is -0.100. The van der Waals surface area contributed by atoms with E-state index in [1.54, 1.807) is 0 Å². The van der Waals surface area contributed by atoms with Gasteiger partial charge < -0.3 is 45.2 Å². The van der Waals surface area contributed by atoms with E-state index in [2.05, 4.69) is 22.9 Å². The van der Waals surface area contributed by atoms with Crippen LogP contribution in [0.1, 0.15) is 0 Å². The van der Waals surface area contributed by atoms with Gasteiger partial charge >= 0.3 is 29.3 Å². The Kier molecular flexibility index (Phi) is 4.91. The Morgan fingerprint density at radius 3 is 1.23 bits per heavy atom. The van der Waals surface area contributed by atoms with Gasteiger partial charge in [-0.05, 0) is 0 Å². The number of fused-ring (bicyclic) bond motifs is 2. The topological polar surface area (TPSA) is 157 Å². The maximum atomic E-state index is 8.74. The highest BCUT2D eigenvalue weighted by atomic mass is 16.9. The summed E-state index contributed by atoms with van der Waals surface area (Å²) in [6.45, 7) is 0. The molecular formula is H8B4N2O7. The van der Waals surface area contributed by atoms with E-state index in [0.717, 1.165) is 0 Å². The van der Waals surface area contributed by atoms with Gasteiger partial charge in [0.25, 0.3) is 0 Å². The van der Waals surface area contributed by atoms with E-state index in [1.807, 2.05) is 0 Å². The first kappa shape index (κ1) is 12.9. The molecule has 9 nitrogen and oxygen atoms in total. The molecule has 8 N–H and O–H groups in total. The molecule has 0 aromatic rings. The summed E-state index contributed by atoms with van der Waals surface area (Å²) >= 11 is 0. The normalized spacial score (nSPS) is 20.8. The summed E-state index contributed by atoms with van der Waals surface area (Å²) in [6, 6.07) is 0. The van der Waals surface area contributed by atoms with Gasteiger partial charge in [-0.2, -0.15) is 0 Å². The molecule has 13 heteroatoms. The van der Waals surface area contributed by atoms with Gasteiger partial charge in [0.15, 0.2) is 0 Å². The molecule has 0 atom stereocenters. The maximum absolute atomic E-state index is 8.74. The average Bonchev–Trinajstić information content (AvgIpc) is 1.82. The quantitative estimate of drug-likeness (QED) is 0.300. The Morgan fingerprint density at radius 2 is 0.923 bits per heavy atom. The summed E-state index contributed by atoms with van der Waals surface area (Å²) in [5.41, 5.74) is 0. The molecule has 2 fully saturated rings. The molecule has 2 rings (SSSR count). The highest BCUT2D eigenvalue weighted by molar-refractivity contribution is 6.74. The Morgan fingerprint density at radius 1 is 0.615 bits per heavy atom. The van der Waals surface area contributed by atoms with Crippen molar-refractivity contribution in [1.82, 2.24) is 12.3 Å². The van der Waals surface area contributed by atoms with Crippen molar-refractivity contribution >= 4 is 29.3 Å². The Bertz CT molecular complexity index is 124. The fraction of sp³-hybridized carbons (Fsp3) is 0. The molecule has 72 valence electrons. The second kappa shape index (κ2) is 4.95. The van der Waals surface area contributed by atoms with Crippen LogP contribution in [0, 0.1) is 0 Å². The molecule has 2 aliphatic rings. The second-order valence-electron chi connectivity index (χ2n) is 1.87. The first-order valence-electron chi connectivity index (χ1n) is 2.87. The fourth-order valence-electron chi connectivity index (χ4n) is 0.728. The zero-order chi connectivity index (χ0) is 7.84. The predicted octanol–water partition coefficient (Wildman–Crippen LogP) is -2.66. The van der Waals surface area contributed by atoms with Gasteiger partial charge in [0, 0.05) is 0 Å². The lowest BCUT2D eigenvalue weighted by atomic mass is 9.90. The molecule has 0 spiro atoms. The van der Waals surface area contributed by atoms with Crippen molar-refractivity contribution in [2.45, 2.75) is 0 Å². The SMILES string of the molecule is N.N.OB1OB2OB(O)OB(O1)O2. The van der Waals surface area contributed by atoms with Gasteiger partial charge in [-0.3, -0.25) is 0 Å². The van der Waals surface area contributed by atoms with E-state index < -0.39 is 29.3 Å². The minimum absolute atomic E-state index is 0. The minimum atomic E-state index is -1.45. The van der Waals surface area contributed by atoms with Crippen molar-refractivity contribution in [3.05, 3.63) is 0 Å². The molecule has 0 aliphatic carbocycles. The van der Waals surface area contributed by atoms with Crippen LogP contribution < -0.4 is 12.3 Å². The molecule has 0 radical (unpaired) electrons. The van der Waals surface area contributed by atoms with Gasteiger partial charge in [-0.1, -0.05) is 0 Å². The van der Waals surface area contributed by atoms with E-state index >= 15 is 0 Å². The highest BCUT2D eigenvalue weighted by Gasteiger charge is 2.52. The molecule has 0 unspecified atom stereocenters. The first-order chi connectivity index (χ1) is 5.24. The van der Waals surface area contributed by atoms with Gasteiger partial charge in [0.1, 0.15) is 0 Å². The average molecular weight is 191 g/mol. The van der Waals surface area contributed by atoms with Crippen LogP contribution in [0.5, 0.6) is 0 Å². The third kappa shape index (κ3) is 2.95. The van der Waals surface area contributed by atoms with E-state index in [1.165, 1.54) is 0 Å². The molecule has 2 aliphatic heterocycles. The van der Waals surface area contributed by atoms with Crippen molar-refractivity contribution in [3.63, 3.8) is 0 Å². The summed E-state index contributed by atoms with van der Waals surface area (Å²) in [4.78, 5) is 0. The number of hydrogen-bond donors (Lipinski definition) is 4. The van der Waals surface area contributed by atoms with Crippen LogP contribution in [-0.2, 0) is 22.9 Å². The molecule has 2 heterocycles. The lowest BCUT2D eigenvalue weighted by Gasteiger charge is -2.31. The van der Waals surface area contributed by atoms with Crippen LogP contribution >= 0.6 is 0 Å². The van der Waals surface area contributed by atoms with E-state index in [9.17, 15) is 0 Å². The van der Waals surface area contributed by atoms with Crippen molar-refractivity contribution in [2.24, 2.45) is 0 Å². The lowest BCUT2D eigenvalue weighted by molar-refractivity contribution is 0.0834. The summed E-state index contributed by atoms with van der Waals surface area (Å²) in [7, 11) is -5.20.